The number of hydrogen-bond donors (Lipinski definition) is 0. The molecule has 1 atom stereocenters. The number of rotatable bonds is 3. The Bertz CT molecular complexity index is 633. The second kappa shape index (κ2) is 4.63. The predicted molar refractivity (Wildman–Crippen MR) is 75.9 cm³/mol. The molecule has 0 amide bonds. The third kappa shape index (κ3) is 2.46. The number of ketones is 1. The lowest BCUT2D eigenvalue weighted by molar-refractivity contribution is 0.102. The van der Waals surface area contributed by atoms with Crippen molar-refractivity contribution in [1.29, 1.82) is 0 Å². The molecule has 0 bridgehead atoms. The summed E-state index contributed by atoms with van der Waals surface area (Å²) in [7, 11) is -2.98. The first-order valence-corrected chi connectivity index (χ1v) is 8.55. The molecule has 6 heteroatoms. The van der Waals surface area contributed by atoms with Gasteiger partial charge < -0.3 is 4.57 Å². The Kier molecular flexibility index (Phi) is 3.56. The number of carbonyl (C=O) groups excluding carboxylic acids is 1. The molecular formula is C13H18ClNO3S. The van der Waals surface area contributed by atoms with E-state index in [2.05, 4.69) is 0 Å². The molecule has 4 nitrogen and oxygen atoms in total. The fraction of sp³-hybridized carbons (Fsp3) is 0.615. The van der Waals surface area contributed by atoms with Crippen LogP contribution in [0.4, 0.5) is 0 Å². The van der Waals surface area contributed by atoms with Gasteiger partial charge in [0, 0.05) is 17.0 Å². The summed E-state index contributed by atoms with van der Waals surface area (Å²) in [4.78, 5) is 11.8. The van der Waals surface area contributed by atoms with Crippen molar-refractivity contribution in [2.24, 2.45) is 0 Å². The van der Waals surface area contributed by atoms with E-state index in [0.717, 1.165) is 11.4 Å². The summed E-state index contributed by atoms with van der Waals surface area (Å²) in [5, 5.41) is 0. The highest BCUT2D eigenvalue weighted by molar-refractivity contribution is 7.91. The number of aryl methyl sites for hydroxylation is 1. The molecule has 0 radical (unpaired) electrons. The summed E-state index contributed by atoms with van der Waals surface area (Å²) >= 11 is 5.61. The summed E-state index contributed by atoms with van der Waals surface area (Å²) in [5.74, 6) is 0.161. The van der Waals surface area contributed by atoms with Gasteiger partial charge in [0.05, 0.1) is 22.9 Å². The van der Waals surface area contributed by atoms with Crippen molar-refractivity contribution < 1.29 is 13.2 Å². The van der Waals surface area contributed by atoms with E-state index in [0.29, 0.717) is 12.0 Å². The first kappa shape index (κ1) is 14.6. The molecule has 1 aromatic rings. The molecule has 19 heavy (non-hydrogen) atoms. The Balaban J connectivity index is 2.53. The van der Waals surface area contributed by atoms with Crippen molar-refractivity contribution in [2.45, 2.75) is 32.7 Å². The average Bonchev–Trinajstić information content (AvgIpc) is 2.76. The molecule has 106 valence electrons. The predicted octanol–water partition coefficient (Wildman–Crippen LogP) is 2.06. The second-order valence-electron chi connectivity index (χ2n) is 5.52. The zero-order chi connectivity index (χ0) is 14.4. The van der Waals surface area contributed by atoms with E-state index in [1.807, 2.05) is 25.3 Å². The minimum atomic E-state index is -2.98. The largest absolute Gasteiger partial charge is 0.342 e. The fourth-order valence-corrected chi connectivity index (χ4v) is 5.38. The molecule has 0 aromatic carbocycles. The topological polar surface area (TPSA) is 56.1 Å². The minimum Gasteiger partial charge on any atom is -0.342 e. The standard InChI is InChI=1S/C13H18ClNO3S/c1-9-6-11(12(16)7-14)10(2)15(9)13(3)4-5-19(17,18)8-13/h6H,4-5,7-8H2,1-3H3. The number of halogens is 1. The lowest BCUT2D eigenvalue weighted by atomic mass is 10.0. The molecule has 1 unspecified atom stereocenters. The molecule has 0 spiro atoms. The highest BCUT2D eigenvalue weighted by Crippen LogP contribution is 2.34. The number of carbonyl (C=O) groups is 1. The van der Waals surface area contributed by atoms with Crippen molar-refractivity contribution in [3.63, 3.8) is 0 Å². The number of nitrogens with zero attached hydrogens (tertiary/aromatic N) is 1. The fourth-order valence-electron chi connectivity index (χ4n) is 3.12. The zero-order valence-electron chi connectivity index (χ0n) is 11.4. The van der Waals surface area contributed by atoms with Gasteiger partial charge in [0.1, 0.15) is 0 Å². The SMILES string of the molecule is Cc1cc(C(=O)CCl)c(C)n1C1(C)CCS(=O)(=O)C1. The number of aromatic nitrogens is 1. The van der Waals surface area contributed by atoms with Crippen LogP contribution in [0.3, 0.4) is 0 Å². The van der Waals surface area contributed by atoms with E-state index < -0.39 is 15.4 Å². The van der Waals surface area contributed by atoms with E-state index in [-0.39, 0.29) is 23.2 Å². The van der Waals surface area contributed by atoms with Crippen LogP contribution in [-0.2, 0) is 15.4 Å². The van der Waals surface area contributed by atoms with E-state index in [1.165, 1.54) is 0 Å². The van der Waals surface area contributed by atoms with Crippen LogP contribution < -0.4 is 0 Å². The molecule has 2 heterocycles. The summed E-state index contributed by atoms with van der Waals surface area (Å²) in [6, 6.07) is 1.80. The van der Waals surface area contributed by atoms with Crippen molar-refractivity contribution >= 4 is 27.2 Å². The smallest absolute Gasteiger partial charge is 0.179 e. The molecule has 1 aliphatic rings. The Morgan fingerprint density at radius 1 is 1.47 bits per heavy atom. The summed E-state index contributed by atoms with van der Waals surface area (Å²) in [6.07, 6.45) is 0.584. The van der Waals surface area contributed by atoms with Gasteiger partial charge in [0.15, 0.2) is 15.6 Å². The number of hydrogen-bond acceptors (Lipinski definition) is 3. The number of sulfone groups is 1. The summed E-state index contributed by atoms with van der Waals surface area (Å²) < 4.78 is 25.5. The Labute approximate surface area is 118 Å². The second-order valence-corrected chi connectivity index (χ2v) is 7.97. The Morgan fingerprint density at radius 3 is 2.58 bits per heavy atom. The van der Waals surface area contributed by atoms with Gasteiger partial charge in [0.2, 0.25) is 0 Å². The zero-order valence-corrected chi connectivity index (χ0v) is 12.9. The molecule has 0 N–H and O–H groups in total. The van der Waals surface area contributed by atoms with Crippen LogP contribution in [0.15, 0.2) is 6.07 Å². The quantitative estimate of drug-likeness (QED) is 0.634. The Morgan fingerprint density at radius 2 is 2.11 bits per heavy atom. The molecule has 2 rings (SSSR count). The number of Topliss-reactive ketones (excluding diaryl/α,β-unsaturated/α-hetero) is 1. The van der Waals surface area contributed by atoms with Gasteiger partial charge in [-0.05, 0) is 33.3 Å². The molecular weight excluding hydrogens is 286 g/mol. The highest BCUT2D eigenvalue weighted by Gasteiger charge is 2.41. The van der Waals surface area contributed by atoms with Crippen LogP contribution in [0.25, 0.3) is 0 Å². The lowest BCUT2D eigenvalue weighted by Crippen LogP contribution is -2.33. The van der Waals surface area contributed by atoms with Gasteiger partial charge >= 0.3 is 0 Å². The molecule has 0 aliphatic carbocycles. The summed E-state index contributed by atoms with van der Waals surface area (Å²) in [5.41, 5.74) is 1.85. The van der Waals surface area contributed by atoms with E-state index in [1.54, 1.807) is 6.07 Å². The molecule has 0 saturated carbocycles. The van der Waals surface area contributed by atoms with E-state index in [9.17, 15) is 13.2 Å². The van der Waals surface area contributed by atoms with Gasteiger partial charge in [0.25, 0.3) is 0 Å². The van der Waals surface area contributed by atoms with Crippen molar-refractivity contribution in [3.05, 3.63) is 23.0 Å². The maximum Gasteiger partial charge on any atom is 0.179 e. The van der Waals surface area contributed by atoms with Gasteiger partial charge in [-0.25, -0.2) is 8.42 Å². The monoisotopic (exact) mass is 303 g/mol. The molecule has 1 saturated heterocycles. The van der Waals surface area contributed by atoms with Crippen LogP contribution in [0.1, 0.15) is 35.1 Å². The highest BCUT2D eigenvalue weighted by atomic mass is 35.5. The third-order valence-corrected chi connectivity index (χ3v) is 6.01. The van der Waals surface area contributed by atoms with Crippen molar-refractivity contribution in [1.82, 2.24) is 4.57 Å². The van der Waals surface area contributed by atoms with Crippen LogP contribution in [0.5, 0.6) is 0 Å². The molecule has 1 aromatic heterocycles. The van der Waals surface area contributed by atoms with Gasteiger partial charge in [-0.15, -0.1) is 11.6 Å². The number of alkyl halides is 1. The van der Waals surface area contributed by atoms with Gasteiger partial charge in [-0.2, -0.15) is 0 Å². The van der Waals surface area contributed by atoms with Gasteiger partial charge in [-0.1, -0.05) is 0 Å². The van der Waals surface area contributed by atoms with Crippen molar-refractivity contribution in [3.8, 4) is 0 Å². The first-order valence-electron chi connectivity index (χ1n) is 6.19. The van der Waals surface area contributed by atoms with E-state index >= 15 is 0 Å². The lowest BCUT2D eigenvalue weighted by Gasteiger charge is -2.28. The van der Waals surface area contributed by atoms with Gasteiger partial charge in [-0.3, -0.25) is 4.79 Å². The van der Waals surface area contributed by atoms with Crippen LogP contribution in [0.2, 0.25) is 0 Å². The van der Waals surface area contributed by atoms with Crippen molar-refractivity contribution in [2.75, 3.05) is 17.4 Å². The maximum absolute atomic E-state index is 11.8. The minimum absolute atomic E-state index is 0.0562. The molecule has 1 aliphatic heterocycles. The van der Waals surface area contributed by atoms with Crippen LogP contribution >= 0.6 is 11.6 Å². The summed E-state index contributed by atoms with van der Waals surface area (Å²) in [6.45, 7) is 5.68. The molecule has 1 fully saturated rings. The third-order valence-electron chi connectivity index (χ3n) is 3.88. The Hall–Kier alpha value is -0.810. The van der Waals surface area contributed by atoms with Crippen LogP contribution in [-0.4, -0.2) is 36.2 Å². The normalized spacial score (nSPS) is 25.7. The maximum atomic E-state index is 11.8. The van der Waals surface area contributed by atoms with Crippen LogP contribution in [0, 0.1) is 13.8 Å². The first-order chi connectivity index (χ1) is 8.70. The van der Waals surface area contributed by atoms with E-state index in [4.69, 9.17) is 11.6 Å². The average molecular weight is 304 g/mol.